The summed E-state index contributed by atoms with van der Waals surface area (Å²) in [5.41, 5.74) is 17.5. The molecule has 11 rings (SSSR count). The second-order valence-corrected chi connectivity index (χ2v) is 15.0. The molecule has 10 aromatic rings. The summed E-state index contributed by atoms with van der Waals surface area (Å²) in [7, 11) is 0. The van der Waals surface area contributed by atoms with Crippen molar-refractivity contribution in [1.82, 2.24) is 9.13 Å². The number of hydrogen-bond acceptors (Lipinski definition) is 0. The molecule has 2 aromatic heterocycles. The molecular weight excluding hydrogens is 641 g/mol. The highest BCUT2D eigenvalue weighted by atomic mass is 15.0. The number of para-hydroxylation sites is 2. The lowest BCUT2D eigenvalue weighted by Crippen LogP contribution is -2.16. The van der Waals surface area contributed by atoms with Gasteiger partial charge in [-0.15, -0.1) is 0 Å². The molecule has 2 heterocycles. The molecule has 0 bridgehead atoms. The van der Waals surface area contributed by atoms with Crippen molar-refractivity contribution in [3.05, 3.63) is 193 Å². The van der Waals surface area contributed by atoms with Crippen molar-refractivity contribution in [2.24, 2.45) is 0 Å². The van der Waals surface area contributed by atoms with Gasteiger partial charge in [0.2, 0.25) is 0 Å². The van der Waals surface area contributed by atoms with E-state index in [4.69, 9.17) is 0 Å². The lowest BCUT2D eigenvalue weighted by atomic mass is 9.81. The van der Waals surface area contributed by atoms with Crippen molar-refractivity contribution < 1.29 is 0 Å². The largest absolute Gasteiger partial charge is 0.309 e. The molecule has 1 aliphatic carbocycles. The third-order valence-electron chi connectivity index (χ3n) is 11.7. The van der Waals surface area contributed by atoms with Gasteiger partial charge in [0.15, 0.2) is 0 Å². The van der Waals surface area contributed by atoms with Gasteiger partial charge < -0.3 is 9.13 Å². The Labute approximate surface area is 308 Å². The summed E-state index contributed by atoms with van der Waals surface area (Å²) >= 11 is 0. The van der Waals surface area contributed by atoms with Crippen molar-refractivity contribution in [3.8, 4) is 44.8 Å². The summed E-state index contributed by atoms with van der Waals surface area (Å²) in [5.74, 6) is 0. The smallest absolute Gasteiger partial charge is 0.0588 e. The normalized spacial score (nSPS) is 13.2. The van der Waals surface area contributed by atoms with E-state index < -0.39 is 0 Å². The van der Waals surface area contributed by atoms with E-state index >= 15 is 0 Å². The van der Waals surface area contributed by atoms with E-state index in [9.17, 15) is 0 Å². The van der Waals surface area contributed by atoms with Gasteiger partial charge >= 0.3 is 0 Å². The Kier molecular flexibility index (Phi) is 6.33. The van der Waals surface area contributed by atoms with Crippen LogP contribution in [0.1, 0.15) is 25.0 Å². The zero-order valence-electron chi connectivity index (χ0n) is 29.7. The van der Waals surface area contributed by atoms with Gasteiger partial charge in [-0.2, -0.15) is 0 Å². The molecule has 0 radical (unpaired) electrons. The molecular formula is C51H36N2. The lowest BCUT2D eigenvalue weighted by Gasteiger charge is -2.23. The molecule has 8 aromatic carbocycles. The first-order valence-corrected chi connectivity index (χ1v) is 18.5. The molecule has 0 saturated carbocycles. The van der Waals surface area contributed by atoms with Crippen LogP contribution in [0.5, 0.6) is 0 Å². The fourth-order valence-electron chi connectivity index (χ4n) is 9.27. The summed E-state index contributed by atoms with van der Waals surface area (Å²) in [4.78, 5) is 0. The van der Waals surface area contributed by atoms with Crippen LogP contribution in [0.25, 0.3) is 88.4 Å². The Balaban J connectivity index is 1.12. The number of fused-ring (bicyclic) bond motifs is 10. The average Bonchev–Trinajstić information content (AvgIpc) is 3.81. The summed E-state index contributed by atoms with van der Waals surface area (Å²) in [6.45, 7) is 4.78. The fraction of sp³-hybridized carbons (Fsp3) is 0.0588. The van der Waals surface area contributed by atoms with Crippen LogP contribution < -0.4 is 0 Å². The molecule has 0 fully saturated rings. The molecule has 0 unspecified atom stereocenters. The van der Waals surface area contributed by atoms with Crippen LogP contribution in [0, 0.1) is 0 Å². The Bertz CT molecular complexity index is 3070. The monoisotopic (exact) mass is 676 g/mol. The van der Waals surface area contributed by atoms with Gasteiger partial charge in [0.25, 0.3) is 0 Å². The van der Waals surface area contributed by atoms with Gasteiger partial charge in [0.1, 0.15) is 0 Å². The highest BCUT2D eigenvalue weighted by molar-refractivity contribution is 6.15. The topological polar surface area (TPSA) is 9.86 Å². The van der Waals surface area contributed by atoms with E-state index in [1.54, 1.807) is 0 Å². The maximum absolute atomic E-state index is 2.50. The summed E-state index contributed by atoms with van der Waals surface area (Å²) in [6.07, 6.45) is 0. The van der Waals surface area contributed by atoms with Crippen LogP contribution in [0.15, 0.2) is 182 Å². The molecule has 0 spiro atoms. The minimum absolute atomic E-state index is 0.130. The average molecular weight is 677 g/mol. The Morgan fingerprint density at radius 1 is 0.358 bits per heavy atom. The predicted molar refractivity (Wildman–Crippen MR) is 224 cm³/mol. The maximum atomic E-state index is 2.50. The van der Waals surface area contributed by atoms with Crippen LogP contribution >= 0.6 is 0 Å². The summed E-state index contributed by atoms with van der Waals surface area (Å²) in [5, 5.41) is 5.08. The quantitative estimate of drug-likeness (QED) is 0.176. The predicted octanol–water partition coefficient (Wildman–Crippen LogP) is 13.5. The molecule has 0 atom stereocenters. The molecule has 0 amide bonds. The molecule has 0 N–H and O–H groups in total. The zero-order valence-corrected chi connectivity index (χ0v) is 29.7. The van der Waals surface area contributed by atoms with Crippen molar-refractivity contribution in [2.75, 3.05) is 0 Å². The van der Waals surface area contributed by atoms with Gasteiger partial charge in [0, 0.05) is 38.3 Å². The number of aromatic nitrogens is 2. The van der Waals surface area contributed by atoms with Crippen molar-refractivity contribution in [2.45, 2.75) is 19.3 Å². The van der Waals surface area contributed by atoms with Gasteiger partial charge in [-0.1, -0.05) is 141 Å². The fourth-order valence-corrected chi connectivity index (χ4v) is 9.27. The first-order valence-electron chi connectivity index (χ1n) is 18.5. The van der Waals surface area contributed by atoms with Crippen molar-refractivity contribution in [3.63, 3.8) is 0 Å². The van der Waals surface area contributed by atoms with Crippen LogP contribution in [-0.2, 0) is 5.41 Å². The first kappa shape index (κ1) is 30.0. The van der Waals surface area contributed by atoms with Gasteiger partial charge in [-0.05, 0) is 99.1 Å². The van der Waals surface area contributed by atoms with Crippen molar-refractivity contribution >= 4 is 43.6 Å². The Hall–Kier alpha value is -6.64. The number of benzene rings is 8. The lowest BCUT2D eigenvalue weighted by molar-refractivity contribution is 0.664. The molecule has 1 aliphatic rings. The molecule has 0 saturated heterocycles. The highest BCUT2D eigenvalue weighted by Gasteiger charge is 2.38. The Morgan fingerprint density at radius 3 is 1.74 bits per heavy atom. The van der Waals surface area contributed by atoms with Crippen LogP contribution in [0.3, 0.4) is 0 Å². The SMILES string of the molecule is CC1(C)c2ccccc2-c2ccc3c4cc(-c5ccc6c(c5)c5ccccc5n6-c5cccc(-c6ccccc6)c5)ccc4n(-c4ccccc4)c3c21. The summed E-state index contributed by atoms with van der Waals surface area (Å²) in [6, 6.07) is 66.9. The maximum Gasteiger partial charge on any atom is 0.0588 e. The van der Waals surface area contributed by atoms with Gasteiger partial charge in [-0.3, -0.25) is 0 Å². The number of rotatable bonds is 4. The first-order chi connectivity index (χ1) is 26.1. The van der Waals surface area contributed by atoms with E-state index in [1.807, 2.05) is 0 Å². The van der Waals surface area contributed by atoms with Crippen LogP contribution in [0.2, 0.25) is 0 Å². The number of hydrogen-bond donors (Lipinski definition) is 0. The Morgan fingerprint density at radius 2 is 0.943 bits per heavy atom. The summed E-state index contributed by atoms with van der Waals surface area (Å²) < 4.78 is 4.92. The zero-order chi connectivity index (χ0) is 35.3. The molecule has 250 valence electrons. The van der Waals surface area contributed by atoms with Crippen LogP contribution in [-0.4, -0.2) is 9.13 Å². The van der Waals surface area contributed by atoms with Gasteiger partial charge in [0.05, 0.1) is 22.1 Å². The van der Waals surface area contributed by atoms with E-state index in [-0.39, 0.29) is 5.41 Å². The van der Waals surface area contributed by atoms with E-state index in [0.717, 1.165) is 5.69 Å². The van der Waals surface area contributed by atoms with E-state index in [1.165, 1.54) is 93.8 Å². The second-order valence-electron chi connectivity index (χ2n) is 15.0. The second kappa shape index (κ2) is 11.2. The standard InChI is InChI=1S/C51H36N2/c1-51(2)45-22-11-9-20-39(45)41-26-27-42-44-32-36(25-29-48(44)53(50(42)49(41)51)37-17-7-4-8-18-37)35-24-28-47-43(31-35)40-21-10-12-23-46(40)52(47)38-19-13-16-34(30-38)33-14-5-3-6-15-33/h3-32H,1-2H3. The molecule has 2 heteroatoms. The minimum atomic E-state index is -0.130. The van der Waals surface area contributed by atoms with Crippen LogP contribution in [0.4, 0.5) is 0 Å². The molecule has 53 heavy (non-hydrogen) atoms. The minimum Gasteiger partial charge on any atom is -0.309 e. The van der Waals surface area contributed by atoms with Crippen molar-refractivity contribution in [1.29, 1.82) is 0 Å². The van der Waals surface area contributed by atoms with E-state index in [2.05, 4.69) is 205 Å². The molecule has 2 nitrogen and oxygen atoms in total. The third kappa shape index (κ3) is 4.33. The third-order valence-corrected chi connectivity index (χ3v) is 11.7. The van der Waals surface area contributed by atoms with Gasteiger partial charge in [-0.25, -0.2) is 0 Å². The highest BCUT2D eigenvalue weighted by Crippen LogP contribution is 2.53. The van der Waals surface area contributed by atoms with E-state index in [0.29, 0.717) is 0 Å². The number of nitrogens with zero attached hydrogens (tertiary/aromatic N) is 2. The molecule has 0 aliphatic heterocycles.